The number of fused-ring (bicyclic) bond motifs is 1. The lowest BCUT2D eigenvalue weighted by molar-refractivity contribution is 0.414. The third-order valence-corrected chi connectivity index (χ3v) is 4.16. The molecule has 1 heterocycles. The maximum atomic E-state index is 12.7. The number of benzene rings is 2. The molecular formula is C18H12BrNO3. The van der Waals surface area contributed by atoms with Gasteiger partial charge in [0.05, 0.1) is 29.7 Å². The van der Waals surface area contributed by atoms with Crippen molar-refractivity contribution in [2.75, 3.05) is 7.11 Å². The van der Waals surface area contributed by atoms with Gasteiger partial charge in [0.15, 0.2) is 5.43 Å². The highest BCUT2D eigenvalue weighted by molar-refractivity contribution is 9.08. The van der Waals surface area contributed by atoms with Crippen LogP contribution in [-0.2, 0) is 5.33 Å². The molecule has 4 nitrogen and oxygen atoms in total. The van der Waals surface area contributed by atoms with Crippen molar-refractivity contribution in [1.82, 2.24) is 0 Å². The van der Waals surface area contributed by atoms with E-state index in [1.54, 1.807) is 49.6 Å². The standard InChI is InChI=1S/C18H12BrNO3/c1-22-13-6-7-14-16(8-13)23-18(15(9-19)17(14)21)12-4-2-11(10-20)3-5-12/h2-8H,9H2,1H3. The van der Waals surface area contributed by atoms with Crippen LogP contribution in [-0.4, -0.2) is 7.11 Å². The molecule has 0 saturated heterocycles. The highest BCUT2D eigenvalue weighted by atomic mass is 79.9. The monoisotopic (exact) mass is 369 g/mol. The summed E-state index contributed by atoms with van der Waals surface area (Å²) in [4.78, 5) is 12.7. The molecule has 3 rings (SSSR count). The first kappa shape index (κ1) is 15.3. The molecule has 0 amide bonds. The van der Waals surface area contributed by atoms with Gasteiger partial charge in [-0.05, 0) is 36.4 Å². The van der Waals surface area contributed by atoms with Crippen molar-refractivity contribution >= 4 is 26.9 Å². The predicted molar refractivity (Wildman–Crippen MR) is 91.8 cm³/mol. The second-order valence-electron chi connectivity index (χ2n) is 4.92. The zero-order chi connectivity index (χ0) is 16.4. The zero-order valence-electron chi connectivity index (χ0n) is 12.3. The van der Waals surface area contributed by atoms with Gasteiger partial charge in [-0.2, -0.15) is 5.26 Å². The van der Waals surface area contributed by atoms with Gasteiger partial charge in [0.1, 0.15) is 17.1 Å². The third kappa shape index (κ3) is 2.73. The number of nitriles is 1. The summed E-state index contributed by atoms with van der Waals surface area (Å²) in [5.74, 6) is 1.12. The number of hydrogen-bond donors (Lipinski definition) is 0. The molecule has 0 atom stereocenters. The van der Waals surface area contributed by atoms with Gasteiger partial charge >= 0.3 is 0 Å². The van der Waals surface area contributed by atoms with Gasteiger partial charge in [-0.3, -0.25) is 4.79 Å². The first-order chi connectivity index (χ1) is 11.2. The number of ether oxygens (including phenoxy) is 1. The molecule has 3 aromatic rings. The lowest BCUT2D eigenvalue weighted by atomic mass is 10.0. The largest absolute Gasteiger partial charge is 0.497 e. The third-order valence-electron chi connectivity index (χ3n) is 3.60. The summed E-state index contributed by atoms with van der Waals surface area (Å²) in [5.41, 5.74) is 2.25. The fourth-order valence-corrected chi connectivity index (χ4v) is 2.90. The predicted octanol–water partition coefficient (Wildman–Crippen LogP) is 4.24. The van der Waals surface area contributed by atoms with Crippen LogP contribution >= 0.6 is 15.9 Å². The summed E-state index contributed by atoms with van der Waals surface area (Å²) < 4.78 is 11.2. The number of rotatable bonds is 3. The molecule has 0 aliphatic heterocycles. The Morgan fingerprint density at radius 1 is 1.22 bits per heavy atom. The number of nitrogens with zero attached hydrogens (tertiary/aromatic N) is 1. The van der Waals surface area contributed by atoms with E-state index in [2.05, 4.69) is 22.0 Å². The van der Waals surface area contributed by atoms with E-state index in [1.165, 1.54) is 0 Å². The SMILES string of the molecule is COc1ccc2c(=O)c(CBr)c(-c3ccc(C#N)cc3)oc2c1. The topological polar surface area (TPSA) is 63.2 Å². The van der Waals surface area contributed by atoms with Crippen LogP contribution in [0, 0.1) is 11.3 Å². The lowest BCUT2D eigenvalue weighted by Gasteiger charge is -2.09. The molecule has 0 aliphatic carbocycles. The van der Waals surface area contributed by atoms with Crippen LogP contribution in [0.3, 0.4) is 0 Å². The normalized spacial score (nSPS) is 10.5. The van der Waals surface area contributed by atoms with Crippen molar-refractivity contribution in [3.8, 4) is 23.1 Å². The summed E-state index contributed by atoms with van der Waals surface area (Å²) in [6, 6.07) is 14.1. The minimum atomic E-state index is -0.0786. The van der Waals surface area contributed by atoms with Gasteiger partial charge < -0.3 is 9.15 Å². The van der Waals surface area contributed by atoms with Gasteiger partial charge in [0, 0.05) is 17.0 Å². The van der Waals surface area contributed by atoms with Gasteiger partial charge in [-0.1, -0.05) is 15.9 Å². The van der Waals surface area contributed by atoms with Gasteiger partial charge in [0.25, 0.3) is 0 Å². The number of alkyl halides is 1. The molecule has 0 N–H and O–H groups in total. The van der Waals surface area contributed by atoms with E-state index in [0.717, 1.165) is 5.56 Å². The van der Waals surface area contributed by atoms with E-state index >= 15 is 0 Å². The highest BCUT2D eigenvalue weighted by Crippen LogP contribution is 2.29. The first-order valence-corrected chi connectivity index (χ1v) is 8.00. The molecule has 114 valence electrons. The number of halogens is 1. The van der Waals surface area contributed by atoms with E-state index < -0.39 is 0 Å². The molecule has 0 bridgehead atoms. The average molecular weight is 370 g/mol. The van der Waals surface area contributed by atoms with E-state index in [-0.39, 0.29) is 5.43 Å². The van der Waals surface area contributed by atoms with Crippen molar-refractivity contribution in [2.45, 2.75) is 5.33 Å². The quantitative estimate of drug-likeness (QED) is 0.647. The zero-order valence-corrected chi connectivity index (χ0v) is 13.9. The lowest BCUT2D eigenvalue weighted by Crippen LogP contribution is -2.09. The van der Waals surface area contributed by atoms with E-state index in [1.807, 2.05) is 0 Å². The molecule has 0 fully saturated rings. The fraction of sp³-hybridized carbons (Fsp3) is 0.111. The van der Waals surface area contributed by atoms with Crippen LogP contribution in [0.15, 0.2) is 51.7 Å². The summed E-state index contributed by atoms with van der Waals surface area (Å²) in [7, 11) is 1.56. The maximum absolute atomic E-state index is 12.7. The van der Waals surface area contributed by atoms with Gasteiger partial charge in [-0.15, -0.1) is 0 Å². The fourth-order valence-electron chi connectivity index (χ4n) is 2.39. The Hall–Kier alpha value is -2.58. The first-order valence-electron chi connectivity index (χ1n) is 6.88. The Morgan fingerprint density at radius 2 is 1.96 bits per heavy atom. The van der Waals surface area contributed by atoms with E-state index in [0.29, 0.717) is 38.9 Å². The number of hydrogen-bond acceptors (Lipinski definition) is 4. The van der Waals surface area contributed by atoms with Gasteiger partial charge in [0.2, 0.25) is 0 Å². The second-order valence-corrected chi connectivity index (χ2v) is 5.48. The second kappa shape index (κ2) is 6.27. The molecule has 0 aliphatic rings. The minimum Gasteiger partial charge on any atom is -0.497 e. The van der Waals surface area contributed by atoms with Crippen LogP contribution < -0.4 is 10.2 Å². The van der Waals surface area contributed by atoms with Crippen LogP contribution in [0.1, 0.15) is 11.1 Å². The molecular weight excluding hydrogens is 358 g/mol. The maximum Gasteiger partial charge on any atom is 0.197 e. The Kier molecular flexibility index (Phi) is 4.18. The molecule has 0 saturated carbocycles. The van der Waals surface area contributed by atoms with Crippen LogP contribution in [0.4, 0.5) is 0 Å². The van der Waals surface area contributed by atoms with Crippen molar-refractivity contribution in [3.05, 3.63) is 63.8 Å². The molecule has 23 heavy (non-hydrogen) atoms. The highest BCUT2D eigenvalue weighted by Gasteiger charge is 2.15. The Balaban J connectivity index is 2.29. The molecule has 0 radical (unpaired) electrons. The van der Waals surface area contributed by atoms with Crippen LogP contribution in [0.2, 0.25) is 0 Å². The summed E-state index contributed by atoms with van der Waals surface area (Å²) in [6.07, 6.45) is 0. The van der Waals surface area contributed by atoms with E-state index in [9.17, 15) is 4.79 Å². The summed E-state index contributed by atoms with van der Waals surface area (Å²) in [5, 5.41) is 9.79. The van der Waals surface area contributed by atoms with Gasteiger partial charge in [-0.25, -0.2) is 0 Å². The van der Waals surface area contributed by atoms with Crippen molar-refractivity contribution in [3.63, 3.8) is 0 Å². The summed E-state index contributed by atoms with van der Waals surface area (Å²) in [6.45, 7) is 0. The van der Waals surface area contributed by atoms with Crippen LogP contribution in [0.25, 0.3) is 22.3 Å². The Morgan fingerprint density at radius 3 is 2.57 bits per heavy atom. The Bertz CT molecular complexity index is 968. The number of methoxy groups -OCH3 is 1. The molecule has 0 unspecified atom stereocenters. The molecule has 0 spiro atoms. The van der Waals surface area contributed by atoms with Crippen molar-refractivity contribution < 1.29 is 9.15 Å². The van der Waals surface area contributed by atoms with Crippen molar-refractivity contribution in [2.24, 2.45) is 0 Å². The van der Waals surface area contributed by atoms with Crippen molar-refractivity contribution in [1.29, 1.82) is 5.26 Å². The molecule has 1 aromatic heterocycles. The van der Waals surface area contributed by atoms with Crippen LogP contribution in [0.5, 0.6) is 5.75 Å². The molecule has 2 aromatic carbocycles. The average Bonchev–Trinajstić information content (AvgIpc) is 2.61. The molecule has 5 heteroatoms. The minimum absolute atomic E-state index is 0.0786. The Labute approximate surface area is 141 Å². The van der Waals surface area contributed by atoms with E-state index in [4.69, 9.17) is 14.4 Å². The summed E-state index contributed by atoms with van der Waals surface area (Å²) >= 11 is 3.36. The smallest absolute Gasteiger partial charge is 0.197 e.